The van der Waals surface area contributed by atoms with Gasteiger partial charge < -0.3 is 14.8 Å². The van der Waals surface area contributed by atoms with E-state index in [2.05, 4.69) is 5.32 Å². The summed E-state index contributed by atoms with van der Waals surface area (Å²) in [5.41, 5.74) is 0.483. The minimum Gasteiger partial charge on any atom is -0.497 e. The second-order valence-corrected chi connectivity index (χ2v) is 3.97. The van der Waals surface area contributed by atoms with E-state index in [0.29, 0.717) is 23.6 Å². The zero-order valence-corrected chi connectivity index (χ0v) is 11.5. The maximum Gasteiger partial charge on any atom is 0.223 e. The van der Waals surface area contributed by atoms with E-state index in [1.54, 1.807) is 25.3 Å². The highest BCUT2D eigenvalue weighted by Crippen LogP contribution is 2.25. The van der Waals surface area contributed by atoms with Gasteiger partial charge in [0.2, 0.25) is 5.91 Å². The van der Waals surface area contributed by atoms with E-state index in [1.807, 2.05) is 6.92 Å². The first-order valence-electron chi connectivity index (χ1n) is 6.17. The molecule has 1 aromatic carbocycles. The third-order valence-corrected chi connectivity index (χ3v) is 2.53. The number of methoxy groups -OCH3 is 1. The summed E-state index contributed by atoms with van der Waals surface area (Å²) in [4.78, 5) is 22.8. The molecule has 1 rings (SSSR count). The van der Waals surface area contributed by atoms with Crippen LogP contribution < -0.4 is 14.8 Å². The zero-order chi connectivity index (χ0) is 14.3. The number of nitrogens with one attached hydrogen (secondary N) is 1. The Bertz CT molecular complexity index is 457. The standard InChI is InChI=1S/C14H19NO4/c1-4-15-14(17)7-8-19-13-9-11(18-3)5-6-12(13)10(2)16/h5-6,9H,4,7-8H2,1-3H3,(H,15,17). The average Bonchev–Trinajstić information content (AvgIpc) is 2.38. The van der Waals surface area contributed by atoms with Crippen molar-refractivity contribution in [2.45, 2.75) is 20.3 Å². The van der Waals surface area contributed by atoms with Crippen molar-refractivity contribution in [3.63, 3.8) is 0 Å². The molecule has 1 amide bonds. The van der Waals surface area contributed by atoms with Gasteiger partial charge in [0, 0.05) is 12.6 Å². The van der Waals surface area contributed by atoms with Crippen molar-refractivity contribution in [1.82, 2.24) is 5.32 Å². The largest absolute Gasteiger partial charge is 0.497 e. The number of Topliss-reactive ketones (excluding diaryl/α,β-unsaturated/α-hetero) is 1. The molecule has 0 saturated carbocycles. The number of hydrogen-bond donors (Lipinski definition) is 1. The van der Waals surface area contributed by atoms with Crippen molar-refractivity contribution < 1.29 is 19.1 Å². The van der Waals surface area contributed by atoms with Gasteiger partial charge in [0.1, 0.15) is 11.5 Å². The Labute approximate surface area is 112 Å². The quantitative estimate of drug-likeness (QED) is 0.763. The Balaban J connectivity index is 2.69. The van der Waals surface area contributed by atoms with E-state index >= 15 is 0 Å². The average molecular weight is 265 g/mol. The number of carbonyl (C=O) groups is 2. The molecule has 0 aromatic heterocycles. The third kappa shape index (κ3) is 4.62. The molecule has 0 bridgehead atoms. The summed E-state index contributed by atoms with van der Waals surface area (Å²) < 4.78 is 10.6. The van der Waals surface area contributed by atoms with Crippen LogP contribution in [0.3, 0.4) is 0 Å². The van der Waals surface area contributed by atoms with Crippen LogP contribution in [-0.2, 0) is 4.79 Å². The van der Waals surface area contributed by atoms with Gasteiger partial charge in [-0.15, -0.1) is 0 Å². The van der Waals surface area contributed by atoms with Gasteiger partial charge in [0.05, 0.1) is 25.7 Å². The molecule has 19 heavy (non-hydrogen) atoms. The van der Waals surface area contributed by atoms with Crippen LogP contribution in [0.1, 0.15) is 30.6 Å². The Morgan fingerprint density at radius 1 is 1.32 bits per heavy atom. The molecule has 5 heteroatoms. The number of hydrogen-bond acceptors (Lipinski definition) is 4. The number of benzene rings is 1. The molecule has 5 nitrogen and oxygen atoms in total. The summed E-state index contributed by atoms with van der Waals surface area (Å²) in [5.74, 6) is 0.889. The van der Waals surface area contributed by atoms with Crippen molar-refractivity contribution >= 4 is 11.7 Å². The third-order valence-electron chi connectivity index (χ3n) is 2.53. The highest BCUT2D eigenvalue weighted by atomic mass is 16.5. The molecular weight excluding hydrogens is 246 g/mol. The first-order valence-corrected chi connectivity index (χ1v) is 6.17. The Kier molecular flexibility index (Phi) is 5.85. The molecule has 0 aliphatic rings. The minimum absolute atomic E-state index is 0.0743. The van der Waals surface area contributed by atoms with Gasteiger partial charge in [-0.05, 0) is 26.0 Å². The van der Waals surface area contributed by atoms with Gasteiger partial charge in [0.25, 0.3) is 0 Å². The lowest BCUT2D eigenvalue weighted by Gasteiger charge is -2.11. The fourth-order valence-electron chi connectivity index (χ4n) is 1.58. The van der Waals surface area contributed by atoms with Crippen LogP contribution in [0.2, 0.25) is 0 Å². The molecule has 1 aromatic rings. The second-order valence-electron chi connectivity index (χ2n) is 3.97. The monoisotopic (exact) mass is 265 g/mol. The molecular formula is C14H19NO4. The molecule has 0 radical (unpaired) electrons. The van der Waals surface area contributed by atoms with Crippen molar-refractivity contribution in [1.29, 1.82) is 0 Å². The van der Waals surface area contributed by atoms with Gasteiger partial charge in [-0.3, -0.25) is 9.59 Å². The van der Waals surface area contributed by atoms with Crippen molar-refractivity contribution in [3.05, 3.63) is 23.8 Å². The summed E-state index contributed by atoms with van der Waals surface area (Å²) in [7, 11) is 1.54. The molecule has 0 aliphatic heterocycles. The van der Waals surface area contributed by atoms with Crippen LogP contribution in [0.25, 0.3) is 0 Å². The highest BCUT2D eigenvalue weighted by molar-refractivity contribution is 5.97. The molecule has 0 fully saturated rings. The maximum atomic E-state index is 11.5. The second kappa shape index (κ2) is 7.41. The van der Waals surface area contributed by atoms with Crippen LogP contribution >= 0.6 is 0 Å². The summed E-state index contributed by atoms with van der Waals surface area (Å²) in [6, 6.07) is 5.00. The number of carbonyl (C=O) groups excluding carboxylic acids is 2. The molecule has 0 spiro atoms. The highest BCUT2D eigenvalue weighted by Gasteiger charge is 2.10. The molecule has 104 valence electrons. The van der Waals surface area contributed by atoms with Gasteiger partial charge in [-0.25, -0.2) is 0 Å². The number of ketones is 1. The zero-order valence-electron chi connectivity index (χ0n) is 11.5. The van der Waals surface area contributed by atoms with Crippen molar-refractivity contribution in [3.8, 4) is 11.5 Å². The molecule has 0 saturated heterocycles. The van der Waals surface area contributed by atoms with E-state index < -0.39 is 0 Å². The summed E-state index contributed by atoms with van der Waals surface area (Å²) in [5, 5.41) is 2.68. The maximum absolute atomic E-state index is 11.5. The Morgan fingerprint density at radius 2 is 2.05 bits per heavy atom. The molecule has 0 heterocycles. The van der Waals surface area contributed by atoms with E-state index in [9.17, 15) is 9.59 Å². The fraction of sp³-hybridized carbons (Fsp3) is 0.429. The van der Waals surface area contributed by atoms with Crippen molar-refractivity contribution in [2.75, 3.05) is 20.3 Å². The Hall–Kier alpha value is -2.04. The lowest BCUT2D eigenvalue weighted by atomic mass is 10.1. The number of amides is 1. The first-order chi connectivity index (χ1) is 9.08. The molecule has 0 unspecified atom stereocenters. The number of rotatable bonds is 7. The van der Waals surface area contributed by atoms with Gasteiger partial charge in [-0.1, -0.05) is 0 Å². The van der Waals surface area contributed by atoms with Gasteiger partial charge in [0.15, 0.2) is 5.78 Å². The fourth-order valence-corrected chi connectivity index (χ4v) is 1.58. The topological polar surface area (TPSA) is 64.6 Å². The SMILES string of the molecule is CCNC(=O)CCOc1cc(OC)ccc1C(C)=O. The smallest absolute Gasteiger partial charge is 0.223 e. The lowest BCUT2D eigenvalue weighted by molar-refractivity contribution is -0.121. The van der Waals surface area contributed by atoms with Gasteiger partial charge >= 0.3 is 0 Å². The number of ether oxygens (including phenoxy) is 2. The van der Waals surface area contributed by atoms with Crippen LogP contribution in [0.5, 0.6) is 11.5 Å². The first kappa shape index (κ1) is 15.0. The van der Waals surface area contributed by atoms with E-state index in [0.717, 1.165) is 0 Å². The van der Waals surface area contributed by atoms with Crippen LogP contribution in [0.15, 0.2) is 18.2 Å². The normalized spacial score (nSPS) is 9.84. The molecule has 1 N–H and O–H groups in total. The van der Waals surface area contributed by atoms with Gasteiger partial charge in [-0.2, -0.15) is 0 Å². The minimum atomic E-state index is -0.0873. The summed E-state index contributed by atoms with van der Waals surface area (Å²) >= 11 is 0. The molecule has 0 atom stereocenters. The predicted molar refractivity (Wildman–Crippen MR) is 71.8 cm³/mol. The van der Waals surface area contributed by atoms with Crippen LogP contribution in [-0.4, -0.2) is 32.0 Å². The van der Waals surface area contributed by atoms with E-state index in [-0.39, 0.29) is 24.7 Å². The van der Waals surface area contributed by atoms with Crippen molar-refractivity contribution in [2.24, 2.45) is 0 Å². The summed E-state index contributed by atoms with van der Waals surface area (Å²) in [6.45, 7) is 4.14. The molecule has 0 aliphatic carbocycles. The lowest BCUT2D eigenvalue weighted by Crippen LogP contribution is -2.24. The predicted octanol–water partition coefficient (Wildman–Crippen LogP) is 1.80. The van der Waals surface area contributed by atoms with E-state index in [1.165, 1.54) is 6.92 Å². The van der Waals surface area contributed by atoms with E-state index in [4.69, 9.17) is 9.47 Å². The Morgan fingerprint density at radius 3 is 2.63 bits per heavy atom. The van der Waals surface area contributed by atoms with Crippen LogP contribution in [0.4, 0.5) is 0 Å². The van der Waals surface area contributed by atoms with Crippen LogP contribution in [0, 0.1) is 0 Å². The summed E-state index contributed by atoms with van der Waals surface area (Å²) in [6.07, 6.45) is 0.252.